The standard InChI is InChI=1S/C14H11ClFN3OS/c1-6-7(2)18-19-13(6)17-14(20)12-11(15)9-4-3-8(16)5-10(9)21-12/h3-5H,1-2H3,(H2,17,18,19,20). The van der Waals surface area contributed by atoms with Crippen molar-refractivity contribution in [3.05, 3.63) is 45.2 Å². The molecule has 0 unspecified atom stereocenters. The van der Waals surface area contributed by atoms with E-state index in [9.17, 15) is 9.18 Å². The number of nitrogens with one attached hydrogen (secondary N) is 2. The number of aromatic amines is 1. The largest absolute Gasteiger partial charge is 0.304 e. The number of aryl methyl sites for hydroxylation is 1. The summed E-state index contributed by atoms with van der Waals surface area (Å²) in [5.41, 5.74) is 1.75. The van der Waals surface area contributed by atoms with Crippen molar-refractivity contribution < 1.29 is 9.18 Å². The van der Waals surface area contributed by atoms with Crippen LogP contribution in [0.1, 0.15) is 20.9 Å². The van der Waals surface area contributed by atoms with Crippen LogP contribution in [0.25, 0.3) is 10.1 Å². The van der Waals surface area contributed by atoms with Crippen LogP contribution in [-0.2, 0) is 0 Å². The molecule has 108 valence electrons. The molecule has 0 radical (unpaired) electrons. The summed E-state index contributed by atoms with van der Waals surface area (Å²) in [6.45, 7) is 3.73. The zero-order chi connectivity index (χ0) is 15.1. The molecule has 0 spiro atoms. The number of halogens is 2. The van der Waals surface area contributed by atoms with Gasteiger partial charge in [0.2, 0.25) is 0 Å². The van der Waals surface area contributed by atoms with E-state index < -0.39 is 0 Å². The number of H-pyrrole nitrogens is 1. The average Bonchev–Trinajstić information content (AvgIpc) is 2.93. The van der Waals surface area contributed by atoms with Gasteiger partial charge in [0.05, 0.1) is 5.02 Å². The van der Waals surface area contributed by atoms with E-state index in [-0.39, 0.29) is 11.7 Å². The first-order valence-electron chi connectivity index (χ1n) is 6.18. The van der Waals surface area contributed by atoms with Crippen molar-refractivity contribution in [2.75, 3.05) is 5.32 Å². The highest BCUT2D eigenvalue weighted by molar-refractivity contribution is 7.21. The van der Waals surface area contributed by atoms with Crippen LogP contribution < -0.4 is 5.32 Å². The Bertz CT molecular complexity index is 855. The quantitative estimate of drug-likeness (QED) is 0.739. The molecular formula is C14H11ClFN3OS. The van der Waals surface area contributed by atoms with Crippen LogP contribution in [0.4, 0.5) is 10.2 Å². The van der Waals surface area contributed by atoms with Crippen molar-refractivity contribution in [3.8, 4) is 0 Å². The fourth-order valence-electron chi connectivity index (χ4n) is 1.96. The lowest BCUT2D eigenvalue weighted by molar-refractivity contribution is 0.103. The van der Waals surface area contributed by atoms with E-state index in [1.165, 1.54) is 12.1 Å². The summed E-state index contributed by atoms with van der Waals surface area (Å²) in [5, 5.41) is 10.5. The molecule has 1 aromatic carbocycles. The molecule has 21 heavy (non-hydrogen) atoms. The summed E-state index contributed by atoms with van der Waals surface area (Å²) in [6.07, 6.45) is 0. The van der Waals surface area contributed by atoms with Crippen molar-refractivity contribution in [3.63, 3.8) is 0 Å². The van der Waals surface area contributed by atoms with E-state index in [0.29, 0.717) is 25.8 Å². The first kappa shape index (κ1) is 14.0. The van der Waals surface area contributed by atoms with Gasteiger partial charge in [-0.1, -0.05) is 11.6 Å². The molecule has 0 saturated heterocycles. The van der Waals surface area contributed by atoms with E-state index in [4.69, 9.17) is 11.6 Å². The van der Waals surface area contributed by atoms with Crippen molar-refractivity contribution in [1.82, 2.24) is 10.2 Å². The number of carbonyl (C=O) groups is 1. The van der Waals surface area contributed by atoms with E-state index in [1.54, 1.807) is 6.07 Å². The Kier molecular flexibility index (Phi) is 3.43. The molecule has 4 nitrogen and oxygen atoms in total. The minimum absolute atomic E-state index is 0.331. The first-order valence-corrected chi connectivity index (χ1v) is 7.37. The summed E-state index contributed by atoms with van der Waals surface area (Å²) in [5.74, 6) is -0.237. The van der Waals surface area contributed by atoms with Gasteiger partial charge in [0.15, 0.2) is 5.82 Å². The van der Waals surface area contributed by atoms with E-state index in [0.717, 1.165) is 22.6 Å². The molecule has 2 heterocycles. The maximum absolute atomic E-state index is 13.2. The van der Waals surface area contributed by atoms with Crippen molar-refractivity contribution in [2.24, 2.45) is 0 Å². The third-order valence-corrected chi connectivity index (χ3v) is 4.94. The van der Waals surface area contributed by atoms with Gasteiger partial charge in [-0.2, -0.15) is 5.10 Å². The lowest BCUT2D eigenvalue weighted by Crippen LogP contribution is -2.11. The Balaban J connectivity index is 1.98. The maximum Gasteiger partial charge on any atom is 0.268 e. The van der Waals surface area contributed by atoms with Gasteiger partial charge in [-0.25, -0.2) is 4.39 Å². The summed E-state index contributed by atoms with van der Waals surface area (Å²) in [6, 6.07) is 4.26. The number of benzene rings is 1. The Morgan fingerprint density at radius 3 is 2.86 bits per heavy atom. The van der Waals surface area contributed by atoms with Crippen LogP contribution in [0.2, 0.25) is 5.02 Å². The summed E-state index contributed by atoms with van der Waals surface area (Å²) in [4.78, 5) is 12.7. The number of hydrogen-bond acceptors (Lipinski definition) is 3. The molecule has 0 aliphatic rings. The zero-order valence-electron chi connectivity index (χ0n) is 11.3. The van der Waals surface area contributed by atoms with Crippen LogP contribution in [0, 0.1) is 19.7 Å². The molecule has 0 aliphatic carbocycles. The number of aromatic nitrogens is 2. The fraction of sp³-hybridized carbons (Fsp3) is 0.143. The minimum Gasteiger partial charge on any atom is -0.304 e. The molecule has 7 heteroatoms. The lowest BCUT2D eigenvalue weighted by atomic mass is 10.2. The number of carbonyl (C=O) groups excluding carboxylic acids is 1. The third-order valence-electron chi connectivity index (χ3n) is 3.28. The SMILES string of the molecule is Cc1[nH]nc(NC(=O)c2sc3cc(F)ccc3c2Cl)c1C. The third kappa shape index (κ3) is 2.41. The molecule has 3 aromatic rings. The van der Waals surface area contributed by atoms with Crippen molar-refractivity contribution >= 4 is 44.7 Å². The Labute approximate surface area is 128 Å². The molecular weight excluding hydrogens is 313 g/mol. The van der Waals surface area contributed by atoms with Gasteiger partial charge in [-0.15, -0.1) is 11.3 Å². The summed E-state index contributed by atoms with van der Waals surface area (Å²) in [7, 11) is 0. The second kappa shape index (κ2) is 5.13. The van der Waals surface area contributed by atoms with Gasteiger partial charge < -0.3 is 5.32 Å². The van der Waals surface area contributed by atoms with Crippen LogP contribution in [-0.4, -0.2) is 16.1 Å². The summed E-state index contributed by atoms with van der Waals surface area (Å²) >= 11 is 7.37. The molecule has 1 amide bonds. The lowest BCUT2D eigenvalue weighted by Gasteiger charge is -2.01. The van der Waals surface area contributed by atoms with E-state index in [2.05, 4.69) is 15.5 Å². The number of amides is 1. The summed E-state index contributed by atoms with van der Waals surface area (Å²) < 4.78 is 13.9. The minimum atomic E-state index is -0.355. The van der Waals surface area contributed by atoms with E-state index in [1.807, 2.05) is 13.8 Å². The fourth-order valence-corrected chi connectivity index (χ4v) is 3.39. The molecule has 3 rings (SSSR count). The van der Waals surface area contributed by atoms with Crippen molar-refractivity contribution in [1.29, 1.82) is 0 Å². The molecule has 2 aromatic heterocycles. The number of nitrogens with zero attached hydrogens (tertiary/aromatic N) is 1. The van der Waals surface area contributed by atoms with Gasteiger partial charge in [0.1, 0.15) is 10.7 Å². The Hall–Kier alpha value is -1.92. The molecule has 2 N–H and O–H groups in total. The van der Waals surface area contributed by atoms with Gasteiger partial charge in [0.25, 0.3) is 5.91 Å². The van der Waals surface area contributed by atoms with Gasteiger partial charge in [0, 0.05) is 21.3 Å². The molecule has 0 fully saturated rings. The number of thiophene rings is 1. The smallest absolute Gasteiger partial charge is 0.268 e. The Morgan fingerprint density at radius 2 is 2.19 bits per heavy atom. The van der Waals surface area contributed by atoms with Gasteiger partial charge >= 0.3 is 0 Å². The molecule has 0 aliphatic heterocycles. The number of hydrogen-bond donors (Lipinski definition) is 2. The Morgan fingerprint density at radius 1 is 1.43 bits per heavy atom. The number of fused-ring (bicyclic) bond motifs is 1. The average molecular weight is 324 g/mol. The zero-order valence-corrected chi connectivity index (χ0v) is 12.8. The van der Waals surface area contributed by atoms with Crippen LogP contribution in [0.15, 0.2) is 18.2 Å². The second-order valence-corrected chi connectivity index (χ2v) is 6.09. The normalized spacial score (nSPS) is 11.0. The van der Waals surface area contributed by atoms with Crippen LogP contribution >= 0.6 is 22.9 Å². The van der Waals surface area contributed by atoms with Gasteiger partial charge in [-0.3, -0.25) is 9.89 Å². The van der Waals surface area contributed by atoms with Crippen molar-refractivity contribution in [2.45, 2.75) is 13.8 Å². The second-order valence-electron chi connectivity index (χ2n) is 4.66. The maximum atomic E-state index is 13.2. The van der Waals surface area contributed by atoms with Crippen LogP contribution in [0.3, 0.4) is 0 Å². The highest BCUT2D eigenvalue weighted by Crippen LogP contribution is 2.36. The predicted molar refractivity (Wildman–Crippen MR) is 82.8 cm³/mol. The van der Waals surface area contributed by atoms with Gasteiger partial charge in [-0.05, 0) is 32.0 Å². The van der Waals surface area contributed by atoms with Crippen LogP contribution in [0.5, 0.6) is 0 Å². The molecule has 0 bridgehead atoms. The monoisotopic (exact) mass is 323 g/mol. The molecule has 0 atom stereocenters. The predicted octanol–water partition coefficient (Wildman–Crippen LogP) is 4.29. The number of rotatable bonds is 2. The first-order chi connectivity index (χ1) is 9.97. The highest BCUT2D eigenvalue weighted by Gasteiger charge is 2.19. The highest BCUT2D eigenvalue weighted by atomic mass is 35.5. The topological polar surface area (TPSA) is 57.8 Å². The molecule has 0 saturated carbocycles. The number of anilines is 1. The van der Waals surface area contributed by atoms with E-state index >= 15 is 0 Å².